The lowest BCUT2D eigenvalue weighted by Crippen LogP contribution is -2.06. The van der Waals surface area contributed by atoms with Gasteiger partial charge in [0.05, 0.1) is 6.20 Å². The molecule has 2 aromatic carbocycles. The van der Waals surface area contributed by atoms with Crippen LogP contribution in [0.2, 0.25) is 0 Å². The van der Waals surface area contributed by atoms with Gasteiger partial charge in [-0.2, -0.15) is 10.1 Å². The second kappa shape index (κ2) is 7.04. The topological polar surface area (TPSA) is 62.7 Å². The minimum Gasteiger partial charge on any atom is -0.364 e. The van der Waals surface area contributed by atoms with Crippen molar-refractivity contribution in [1.82, 2.24) is 15.2 Å². The van der Waals surface area contributed by atoms with E-state index in [2.05, 4.69) is 31.9 Å². The molecule has 1 aromatic heterocycles. The maximum atomic E-state index is 13.6. The maximum Gasteiger partial charge on any atom is 0.249 e. The fraction of sp³-hybridized carbons (Fsp3) is 0.167. The van der Waals surface area contributed by atoms with E-state index < -0.39 is 0 Å². The molecule has 0 spiro atoms. The Morgan fingerprint density at radius 2 is 1.79 bits per heavy atom. The third kappa shape index (κ3) is 4.04. The first kappa shape index (κ1) is 15.9. The van der Waals surface area contributed by atoms with Crippen LogP contribution >= 0.6 is 0 Å². The Bertz CT molecular complexity index is 830. The SMILES string of the molecule is Cc1cc(C)cc(Nc2nncc(NCc3ccccc3F)n2)c1. The Kier molecular flexibility index (Phi) is 4.65. The number of anilines is 3. The molecule has 0 radical (unpaired) electrons. The number of benzene rings is 2. The van der Waals surface area contributed by atoms with Crippen molar-refractivity contribution in [1.29, 1.82) is 0 Å². The van der Waals surface area contributed by atoms with Crippen LogP contribution in [0.5, 0.6) is 0 Å². The van der Waals surface area contributed by atoms with Crippen LogP contribution in [0.3, 0.4) is 0 Å². The first-order chi connectivity index (χ1) is 11.6. The van der Waals surface area contributed by atoms with Crippen LogP contribution in [0, 0.1) is 19.7 Å². The second-order valence-corrected chi connectivity index (χ2v) is 5.61. The van der Waals surface area contributed by atoms with Crippen LogP contribution in [0.1, 0.15) is 16.7 Å². The zero-order valence-electron chi connectivity index (χ0n) is 13.5. The van der Waals surface area contributed by atoms with Crippen LogP contribution in [-0.4, -0.2) is 15.2 Å². The van der Waals surface area contributed by atoms with Crippen LogP contribution in [0.15, 0.2) is 48.7 Å². The first-order valence-corrected chi connectivity index (χ1v) is 7.62. The number of aromatic nitrogens is 3. The van der Waals surface area contributed by atoms with Gasteiger partial charge in [0.1, 0.15) is 5.82 Å². The van der Waals surface area contributed by atoms with Gasteiger partial charge in [0.2, 0.25) is 5.95 Å². The highest BCUT2D eigenvalue weighted by Gasteiger charge is 2.04. The van der Waals surface area contributed by atoms with Gasteiger partial charge in [-0.15, -0.1) is 5.10 Å². The van der Waals surface area contributed by atoms with Crippen molar-refractivity contribution >= 4 is 17.5 Å². The number of nitrogens with one attached hydrogen (secondary N) is 2. The number of halogens is 1. The molecule has 6 heteroatoms. The summed E-state index contributed by atoms with van der Waals surface area (Å²) in [6, 6.07) is 12.7. The zero-order chi connectivity index (χ0) is 16.9. The molecule has 0 fully saturated rings. The third-order valence-electron chi connectivity index (χ3n) is 3.45. The Morgan fingerprint density at radius 3 is 2.54 bits per heavy atom. The summed E-state index contributed by atoms with van der Waals surface area (Å²) in [5, 5.41) is 14.1. The summed E-state index contributed by atoms with van der Waals surface area (Å²) in [7, 11) is 0. The van der Waals surface area contributed by atoms with E-state index in [1.807, 2.05) is 26.0 Å². The summed E-state index contributed by atoms with van der Waals surface area (Å²) in [6.07, 6.45) is 1.51. The minimum atomic E-state index is -0.249. The zero-order valence-corrected chi connectivity index (χ0v) is 13.5. The average molecular weight is 323 g/mol. The van der Waals surface area contributed by atoms with Crippen molar-refractivity contribution in [3.8, 4) is 0 Å². The molecule has 0 saturated carbocycles. The fourth-order valence-electron chi connectivity index (χ4n) is 2.45. The second-order valence-electron chi connectivity index (χ2n) is 5.61. The van der Waals surface area contributed by atoms with Crippen LogP contribution < -0.4 is 10.6 Å². The van der Waals surface area contributed by atoms with Gasteiger partial charge in [-0.1, -0.05) is 24.3 Å². The van der Waals surface area contributed by atoms with E-state index in [9.17, 15) is 4.39 Å². The van der Waals surface area contributed by atoms with E-state index in [1.165, 1.54) is 12.3 Å². The first-order valence-electron chi connectivity index (χ1n) is 7.62. The molecular weight excluding hydrogens is 305 g/mol. The lowest BCUT2D eigenvalue weighted by molar-refractivity contribution is 0.613. The van der Waals surface area contributed by atoms with Gasteiger partial charge < -0.3 is 10.6 Å². The van der Waals surface area contributed by atoms with E-state index in [1.54, 1.807) is 18.2 Å². The van der Waals surface area contributed by atoms with Gasteiger partial charge in [0.25, 0.3) is 0 Å². The molecule has 0 aliphatic heterocycles. The number of hydrogen-bond donors (Lipinski definition) is 2. The molecule has 24 heavy (non-hydrogen) atoms. The summed E-state index contributed by atoms with van der Waals surface area (Å²) in [5.74, 6) is 0.666. The predicted molar refractivity (Wildman–Crippen MR) is 92.8 cm³/mol. The van der Waals surface area contributed by atoms with Gasteiger partial charge in [-0.3, -0.25) is 0 Å². The number of aryl methyl sites for hydroxylation is 2. The van der Waals surface area contributed by atoms with Crippen LogP contribution in [0.25, 0.3) is 0 Å². The highest BCUT2D eigenvalue weighted by molar-refractivity contribution is 5.56. The van der Waals surface area contributed by atoms with Crippen molar-refractivity contribution in [3.63, 3.8) is 0 Å². The molecule has 0 aliphatic carbocycles. The Morgan fingerprint density at radius 1 is 1.04 bits per heavy atom. The van der Waals surface area contributed by atoms with Crippen molar-refractivity contribution in [2.24, 2.45) is 0 Å². The molecule has 5 nitrogen and oxygen atoms in total. The molecule has 2 N–H and O–H groups in total. The molecule has 0 unspecified atom stereocenters. The van der Waals surface area contributed by atoms with E-state index in [0.29, 0.717) is 23.9 Å². The molecule has 0 bridgehead atoms. The summed E-state index contributed by atoms with van der Waals surface area (Å²) < 4.78 is 13.6. The van der Waals surface area contributed by atoms with Crippen LogP contribution in [-0.2, 0) is 6.54 Å². The summed E-state index contributed by atoms with van der Waals surface area (Å²) in [4.78, 5) is 4.35. The lowest BCUT2D eigenvalue weighted by atomic mass is 10.1. The van der Waals surface area contributed by atoms with Crippen molar-refractivity contribution in [2.45, 2.75) is 20.4 Å². The summed E-state index contributed by atoms with van der Waals surface area (Å²) >= 11 is 0. The molecule has 122 valence electrons. The number of rotatable bonds is 5. The Hall–Kier alpha value is -3.02. The van der Waals surface area contributed by atoms with Gasteiger partial charge in [0.15, 0.2) is 5.82 Å². The minimum absolute atomic E-state index is 0.249. The van der Waals surface area contributed by atoms with Crippen molar-refractivity contribution in [2.75, 3.05) is 10.6 Å². The Balaban J connectivity index is 1.71. The predicted octanol–water partition coefficient (Wildman–Crippen LogP) is 3.98. The summed E-state index contributed by atoms with van der Waals surface area (Å²) in [5.41, 5.74) is 3.78. The van der Waals surface area contributed by atoms with Gasteiger partial charge >= 0.3 is 0 Å². The molecule has 3 rings (SSSR count). The van der Waals surface area contributed by atoms with E-state index >= 15 is 0 Å². The van der Waals surface area contributed by atoms with Gasteiger partial charge in [-0.25, -0.2) is 4.39 Å². The molecule has 1 heterocycles. The quantitative estimate of drug-likeness (QED) is 0.743. The smallest absolute Gasteiger partial charge is 0.249 e. The number of nitrogens with zero attached hydrogens (tertiary/aromatic N) is 3. The normalized spacial score (nSPS) is 10.5. The fourth-order valence-corrected chi connectivity index (χ4v) is 2.45. The molecule has 0 saturated heterocycles. The standard InChI is InChI=1S/C18H18FN5/c1-12-7-13(2)9-15(8-12)22-18-23-17(11-21-24-18)20-10-14-5-3-4-6-16(14)19/h3-9,11H,10H2,1-2H3,(H2,20,22,23,24). The van der Waals surface area contributed by atoms with Crippen molar-refractivity contribution < 1.29 is 4.39 Å². The molecular formula is C18H18FN5. The molecule has 0 atom stereocenters. The summed E-state index contributed by atoms with van der Waals surface area (Å²) in [6.45, 7) is 4.39. The van der Waals surface area contributed by atoms with E-state index in [0.717, 1.165) is 16.8 Å². The highest BCUT2D eigenvalue weighted by Crippen LogP contribution is 2.17. The van der Waals surface area contributed by atoms with Gasteiger partial charge in [0, 0.05) is 17.8 Å². The van der Waals surface area contributed by atoms with E-state index in [4.69, 9.17) is 0 Å². The van der Waals surface area contributed by atoms with Crippen LogP contribution in [0.4, 0.5) is 21.8 Å². The molecule has 3 aromatic rings. The van der Waals surface area contributed by atoms with Gasteiger partial charge in [-0.05, 0) is 43.2 Å². The lowest BCUT2D eigenvalue weighted by Gasteiger charge is -2.09. The third-order valence-corrected chi connectivity index (χ3v) is 3.45. The van der Waals surface area contributed by atoms with E-state index in [-0.39, 0.29) is 5.82 Å². The molecule has 0 aliphatic rings. The Labute approximate surface area is 140 Å². The molecule has 0 amide bonds. The highest BCUT2D eigenvalue weighted by atomic mass is 19.1. The maximum absolute atomic E-state index is 13.6. The number of hydrogen-bond acceptors (Lipinski definition) is 5. The van der Waals surface area contributed by atoms with Crippen molar-refractivity contribution in [3.05, 3.63) is 71.2 Å². The largest absolute Gasteiger partial charge is 0.364 e. The monoisotopic (exact) mass is 323 g/mol. The average Bonchev–Trinajstić information content (AvgIpc) is 2.53.